The number of fused-ring (bicyclic) bond motifs is 1. The second-order valence-electron chi connectivity index (χ2n) is 4.98. The second kappa shape index (κ2) is 7.90. The fourth-order valence-electron chi connectivity index (χ4n) is 2.31. The topological polar surface area (TPSA) is 92.1 Å². The average Bonchev–Trinajstić information content (AvgIpc) is 2.59. The molecule has 2 rings (SSSR count). The molecule has 0 bridgehead atoms. The van der Waals surface area contributed by atoms with E-state index in [1.54, 1.807) is 18.3 Å². The molecule has 0 aliphatic carbocycles. The van der Waals surface area contributed by atoms with Crippen LogP contribution in [-0.4, -0.2) is 30.0 Å². The number of esters is 1. The van der Waals surface area contributed by atoms with Gasteiger partial charge in [0.05, 0.1) is 24.3 Å². The van der Waals surface area contributed by atoms with E-state index in [2.05, 4.69) is 10.3 Å². The monoisotopic (exact) mass is 311 g/mol. The minimum absolute atomic E-state index is 0.321. The Morgan fingerprint density at radius 1 is 1.35 bits per heavy atom. The smallest absolute Gasteiger partial charge is 0.328 e. The number of aromatic nitrogens is 1. The van der Waals surface area contributed by atoms with E-state index in [9.17, 15) is 9.59 Å². The highest BCUT2D eigenvalue weighted by Crippen LogP contribution is 2.16. The van der Waals surface area contributed by atoms with Crippen molar-refractivity contribution in [2.45, 2.75) is 25.3 Å². The lowest BCUT2D eigenvalue weighted by atomic mass is 10.1. The van der Waals surface area contributed by atoms with E-state index in [-0.39, 0.29) is 5.91 Å². The summed E-state index contributed by atoms with van der Waals surface area (Å²) in [6.45, 7) is 0. The molecule has 1 aromatic carbocycles. The van der Waals surface area contributed by atoms with Crippen LogP contribution < -0.4 is 5.32 Å². The van der Waals surface area contributed by atoms with E-state index >= 15 is 0 Å². The number of hydrogen-bond donors (Lipinski definition) is 1. The third-order valence-corrected chi connectivity index (χ3v) is 3.47. The number of nitrogens with zero attached hydrogens (tertiary/aromatic N) is 2. The lowest BCUT2D eigenvalue weighted by Gasteiger charge is -2.16. The largest absolute Gasteiger partial charge is 0.467 e. The summed E-state index contributed by atoms with van der Waals surface area (Å²) in [6, 6.07) is 10.1. The molecule has 6 heteroatoms. The first-order valence-corrected chi connectivity index (χ1v) is 7.26. The maximum atomic E-state index is 12.5. The van der Waals surface area contributed by atoms with Crippen molar-refractivity contribution in [2.75, 3.05) is 7.11 Å². The van der Waals surface area contributed by atoms with E-state index in [0.29, 0.717) is 35.7 Å². The van der Waals surface area contributed by atoms with Crippen LogP contribution in [0.25, 0.3) is 10.9 Å². The van der Waals surface area contributed by atoms with Gasteiger partial charge in [0.1, 0.15) is 6.04 Å². The van der Waals surface area contributed by atoms with E-state index < -0.39 is 12.0 Å². The number of pyridine rings is 1. The number of hydrogen-bond acceptors (Lipinski definition) is 5. The molecule has 0 aliphatic rings. The summed E-state index contributed by atoms with van der Waals surface area (Å²) in [5.41, 5.74) is 1.16. The summed E-state index contributed by atoms with van der Waals surface area (Å²) in [4.78, 5) is 28.5. The van der Waals surface area contributed by atoms with Crippen molar-refractivity contribution >= 4 is 22.8 Å². The standard InChI is InChI=1S/C17H17N3O3/c1-23-17(22)15(8-4-5-10-18)20-16(21)13-9-11-19-14-7-3-2-6-12(13)14/h2-3,6-7,9,11,15H,4-5,8H2,1H3,(H,20,21)/t15-/m1/s1. The molecule has 23 heavy (non-hydrogen) atoms. The van der Waals surface area contributed by atoms with Crippen LogP contribution in [0.15, 0.2) is 36.5 Å². The van der Waals surface area contributed by atoms with Crippen LogP contribution in [0.1, 0.15) is 29.6 Å². The average molecular weight is 311 g/mol. The number of carbonyl (C=O) groups is 2. The van der Waals surface area contributed by atoms with Crippen LogP contribution in [0.3, 0.4) is 0 Å². The maximum absolute atomic E-state index is 12.5. The molecule has 1 N–H and O–H groups in total. The van der Waals surface area contributed by atoms with Crippen molar-refractivity contribution in [3.05, 3.63) is 42.1 Å². The van der Waals surface area contributed by atoms with E-state index in [1.807, 2.05) is 24.3 Å². The molecule has 1 heterocycles. The SMILES string of the molecule is COC(=O)[C@@H](CCCC#N)NC(=O)c1ccnc2ccccc12. The molecule has 1 aromatic heterocycles. The van der Waals surface area contributed by atoms with Crippen LogP contribution >= 0.6 is 0 Å². The third-order valence-electron chi connectivity index (χ3n) is 3.47. The van der Waals surface area contributed by atoms with Gasteiger partial charge in [-0.25, -0.2) is 4.79 Å². The second-order valence-corrected chi connectivity index (χ2v) is 4.98. The van der Waals surface area contributed by atoms with Gasteiger partial charge in [0, 0.05) is 18.0 Å². The molecule has 0 saturated heterocycles. The van der Waals surface area contributed by atoms with Gasteiger partial charge in [-0.2, -0.15) is 5.26 Å². The Bertz CT molecular complexity index is 747. The molecular formula is C17H17N3O3. The van der Waals surface area contributed by atoms with Gasteiger partial charge in [-0.15, -0.1) is 0 Å². The first kappa shape index (κ1) is 16.4. The molecule has 2 aromatic rings. The van der Waals surface area contributed by atoms with Crippen LogP contribution in [0, 0.1) is 11.3 Å². The summed E-state index contributed by atoms with van der Waals surface area (Å²) < 4.78 is 4.72. The number of rotatable bonds is 6. The lowest BCUT2D eigenvalue weighted by Crippen LogP contribution is -2.41. The van der Waals surface area contributed by atoms with E-state index in [1.165, 1.54) is 7.11 Å². The van der Waals surface area contributed by atoms with Crippen molar-refractivity contribution in [1.82, 2.24) is 10.3 Å². The van der Waals surface area contributed by atoms with Gasteiger partial charge in [-0.3, -0.25) is 9.78 Å². The highest BCUT2D eigenvalue weighted by molar-refractivity contribution is 6.07. The Hall–Kier alpha value is -2.94. The molecule has 0 radical (unpaired) electrons. The first-order chi connectivity index (χ1) is 11.2. The van der Waals surface area contributed by atoms with Gasteiger partial charge in [-0.1, -0.05) is 18.2 Å². The molecule has 1 amide bonds. The van der Waals surface area contributed by atoms with Gasteiger partial charge in [0.15, 0.2) is 0 Å². The quantitative estimate of drug-likeness (QED) is 0.652. The van der Waals surface area contributed by atoms with Crippen LogP contribution in [-0.2, 0) is 9.53 Å². The fourth-order valence-corrected chi connectivity index (χ4v) is 2.31. The van der Waals surface area contributed by atoms with E-state index in [4.69, 9.17) is 10.00 Å². The summed E-state index contributed by atoms with van der Waals surface area (Å²) >= 11 is 0. The van der Waals surface area contributed by atoms with Crippen molar-refractivity contribution in [1.29, 1.82) is 5.26 Å². The van der Waals surface area contributed by atoms with Crippen LogP contribution in [0.4, 0.5) is 0 Å². The molecular weight excluding hydrogens is 294 g/mol. The number of ether oxygens (including phenoxy) is 1. The van der Waals surface area contributed by atoms with Gasteiger partial charge in [0.25, 0.3) is 5.91 Å². The number of nitrogens with one attached hydrogen (secondary N) is 1. The molecule has 118 valence electrons. The van der Waals surface area contributed by atoms with Gasteiger partial charge < -0.3 is 10.1 Å². The first-order valence-electron chi connectivity index (χ1n) is 7.26. The molecule has 0 fully saturated rings. The number of carbonyl (C=O) groups excluding carboxylic acids is 2. The minimum Gasteiger partial charge on any atom is -0.467 e. The fraction of sp³-hybridized carbons (Fsp3) is 0.294. The summed E-state index contributed by atoms with van der Waals surface area (Å²) in [5.74, 6) is -0.884. The zero-order valence-electron chi connectivity index (χ0n) is 12.8. The molecule has 0 unspecified atom stereocenters. The molecule has 6 nitrogen and oxygen atoms in total. The Morgan fingerprint density at radius 2 is 2.13 bits per heavy atom. The molecule has 0 spiro atoms. The Balaban J connectivity index is 2.20. The van der Waals surface area contributed by atoms with Gasteiger partial charge >= 0.3 is 5.97 Å². The van der Waals surface area contributed by atoms with Gasteiger partial charge in [0.2, 0.25) is 0 Å². The summed E-state index contributed by atoms with van der Waals surface area (Å²) in [7, 11) is 1.27. The third kappa shape index (κ3) is 4.04. The summed E-state index contributed by atoms with van der Waals surface area (Å²) in [5, 5.41) is 12.0. The number of amides is 1. The van der Waals surface area contributed by atoms with Crippen molar-refractivity contribution in [3.8, 4) is 6.07 Å². The lowest BCUT2D eigenvalue weighted by molar-refractivity contribution is -0.143. The highest BCUT2D eigenvalue weighted by Gasteiger charge is 2.22. The minimum atomic E-state index is -0.771. The zero-order valence-corrected chi connectivity index (χ0v) is 12.8. The normalized spacial score (nSPS) is 11.5. The van der Waals surface area contributed by atoms with Crippen LogP contribution in [0.5, 0.6) is 0 Å². The number of benzene rings is 1. The predicted molar refractivity (Wildman–Crippen MR) is 84.5 cm³/mol. The summed E-state index contributed by atoms with van der Waals surface area (Å²) in [6.07, 6.45) is 2.74. The Kier molecular flexibility index (Phi) is 5.64. The number of nitriles is 1. The zero-order chi connectivity index (χ0) is 16.7. The van der Waals surface area contributed by atoms with E-state index in [0.717, 1.165) is 0 Å². The molecule has 0 aliphatic heterocycles. The molecule has 0 saturated carbocycles. The van der Waals surface area contributed by atoms with Crippen molar-refractivity contribution in [3.63, 3.8) is 0 Å². The maximum Gasteiger partial charge on any atom is 0.328 e. The number of para-hydroxylation sites is 1. The Labute approximate surface area is 134 Å². The van der Waals surface area contributed by atoms with Crippen LogP contribution in [0.2, 0.25) is 0 Å². The molecule has 1 atom stereocenters. The van der Waals surface area contributed by atoms with Crippen molar-refractivity contribution in [2.24, 2.45) is 0 Å². The Morgan fingerprint density at radius 3 is 2.87 bits per heavy atom. The van der Waals surface area contributed by atoms with Crippen molar-refractivity contribution < 1.29 is 14.3 Å². The number of methoxy groups -OCH3 is 1. The predicted octanol–water partition coefficient (Wildman–Crippen LogP) is 2.20. The highest BCUT2D eigenvalue weighted by atomic mass is 16.5. The van der Waals surface area contributed by atoms with Gasteiger partial charge in [-0.05, 0) is 25.0 Å². The number of unbranched alkanes of at least 4 members (excludes halogenated alkanes) is 1.